The number of piperidine rings is 1. The molecule has 0 saturated carbocycles. The third-order valence-corrected chi connectivity index (χ3v) is 3.76. The summed E-state index contributed by atoms with van der Waals surface area (Å²) in [6, 6.07) is 0.0368. The third-order valence-electron chi connectivity index (χ3n) is 3.76. The average molecular weight is 226 g/mol. The second kappa shape index (κ2) is 5.64. The Bertz CT molecular complexity index is 239. The van der Waals surface area contributed by atoms with Gasteiger partial charge in [0.2, 0.25) is 0 Å². The smallest absolute Gasteiger partial charge is 0.323 e. The molecule has 0 aromatic rings. The first-order valence-corrected chi connectivity index (χ1v) is 6.35. The lowest BCUT2D eigenvalue weighted by Gasteiger charge is -2.40. The van der Waals surface area contributed by atoms with Crippen LogP contribution < -0.4 is 0 Å². The molecule has 16 heavy (non-hydrogen) atoms. The molecule has 92 valence electrons. The Balaban J connectivity index is 1.67. The zero-order valence-electron chi connectivity index (χ0n) is 10.2. The van der Waals surface area contributed by atoms with Crippen molar-refractivity contribution < 1.29 is 9.53 Å². The Kier molecular flexibility index (Phi) is 4.18. The number of carbonyl (C=O) groups excluding carboxylic acids is 1. The van der Waals surface area contributed by atoms with E-state index in [1.54, 1.807) is 0 Å². The molecule has 2 aliphatic rings. The van der Waals surface area contributed by atoms with E-state index < -0.39 is 0 Å². The number of rotatable bonds is 4. The standard InChI is InChI=1S/C12H22N2O2/c1-16-12(15)11-5-8-14(11)10-9-13-6-3-2-4-7-13/h11H,2-10H2,1H3. The molecule has 2 fully saturated rings. The van der Waals surface area contributed by atoms with Gasteiger partial charge < -0.3 is 9.64 Å². The second-order valence-electron chi connectivity index (χ2n) is 4.77. The minimum absolute atomic E-state index is 0.0368. The van der Waals surface area contributed by atoms with Crippen LogP contribution in [0.3, 0.4) is 0 Å². The van der Waals surface area contributed by atoms with Gasteiger partial charge in [0.15, 0.2) is 0 Å². The van der Waals surface area contributed by atoms with Crippen molar-refractivity contribution in [1.29, 1.82) is 0 Å². The first kappa shape index (κ1) is 11.9. The molecule has 0 radical (unpaired) electrons. The summed E-state index contributed by atoms with van der Waals surface area (Å²) >= 11 is 0. The molecular formula is C12H22N2O2. The molecule has 2 saturated heterocycles. The zero-order valence-corrected chi connectivity index (χ0v) is 10.2. The van der Waals surface area contributed by atoms with Crippen LogP contribution in [-0.2, 0) is 9.53 Å². The lowest BCUT2D eigenvalue weighted by Crippen LogP contribution is -2.55. The highest BCUT2D eigenvalue weighted by atomic mass is 16.5. The van der Waals surface area contributed by atoms with E-state index in [9.17, 15) is 4.79 Å². The van der Waals surface area contributed by atoms with Gasteiger partial charge in [-0.25, -0.2) is 0 Å². The van der Waals surface area contributed by atoms with Gasteiger partial charge in [-0.05, 0) is 32.4 Å². The summed E-state index contributed by atoms with van der Waals surface area (Å²) in [5.41, 5.74) is 0. The molecule has 0 amide bonds. The number of methoxy groups -OCH3 is 1. The van der Waals surface area contributed by atoms with E-state index in [1.165, 1.54) is 39.5 Å². The fourth-order valence-corrected chi connectivity index (χ4v) is 2.56. The highest BCUT2D eigenvalue weighted by Gasteiger charge is 2.34. The van der Waals surface area contributed by atoms with Crippen LogP contribution >= 0.6 is 0 Å². The summed E-state index contributed by atoms with van der Waals surface area (Å²) in [6.45, 7) is 5.63. The maximum Gasteiger partial charge on any atom is 0.323 e. The van der Waals surface area contributed by atoms with Gasteiger partial charge in [0.1, 0.15) is 6.04 Å². The molecule has 0 spiro atoms. The van der Waals surface area contributed by atoms with Crippen molar-refractivity contribution in [1.82, 2.24) is 9.80 Å². The Morgan fingerprint density at radius 2 is 1.94 bits per heavy atom. The molecule has 0 N–H and O–H groups in total. The summed E-state index contributed by atoms with van der Waals surface area (Å²) in [6.07, 6.45) is 5.01. The van der Waals surface area contributed by atoms with E-state index in [-0.39, 0.29) is 12.0 Å². The Hall–Kier alpha value is -0.610. The van der Waals surface area contributed by atoms with Crippen LogP contribution in [0.1, 0.15) is 25.7 Å². The molecule has 0 aromatic heterocycles. The van der Waals surface area contributed by atoms with Gasteiger partial charge in [-0.2, -0.15) is 0 Å². The van der Waals surface area contributed by atoms with Gasteiger partial charge in [0.25, 0.3) is 0 Å². The van der Waals surface area contributed by atoms with Crippen LogP contribution in [0.25, 0.3) is 0 Å². The largest absolute Gasteiger partial charge is 0.468 e. The molecule has 0 bridgehead atoms. The molecule has 0 aliphatic carbocycles. The lowest BCUT2D eigenvalue weighted by atomic mass is 10.0. The first-order chi connectivity index (χ1) is 7.81. The van der Waals surface area contributed by atoms with Gasteiger partial charge in [-0.15, -0.1) is 0 Å². The predicted molar refractivity (Wildman–Crippen MR) is 62.3 cm³/mol. The predicted octanol–water partition coefficient (Wildman–Crippen LogP) is 0.720. The van der Waals surface area contributed by atoms with Gasteiger partial charge in [-0.1, -0.05) is 6.42 Å². The lowest BCUT2D eigenvalue weighted by molar-refractivity contribution is -0.152. The van der Waals surface area contributed by atoms with E-state index in [0.717, 1.165) is 26.1 Å². The number of carbonyl (C=O) groups is 1. The minimum Gasteiger partial charge on any atom is -0.468 e. The second-order valence-corrected chi connectivity index (χ2v) is 4.77. The molecule has 2 heterocycles. The van der Waals surface area contributed by atoms with Crippen LogP contribution in [0.5, 0.6) is 0 Å². The topological polar surface area (TPSA) is 32.8 Å². The number of esters is 1. The van der Waals surface area contributed by atoms with Gasteiger partial charge in [0, 0.05) is 19.6 Å². The molecule has 4 heteroatoms. The van der Waals surface area contributed by atoms with E-state index in [1.807, 2.05) is 0 Å². The van der Waals surface area contributed by atoms with Crippen molar-refractivity contribution in [2.75, 3.05) is 39.8 Å². The summed E-state index contributed by atoms with van der Waals surface area (Å²) in [5.74, 6) is -0.0649. The van der Waals surface area contributed by atoms with Crippen LogP contribution in [0.15, 0.2) is 0 Å². The summed E-state index contributed by atoms with van der Waals surface area (Å²) in [4.78, 5) is 16.1. The number of hydrogen-bond donors (Lipinski definition) is 0. The fraction of sp³-hybridized carbons (Fsp3) is 0.917. The van der Waals surface area contributed by atoms with Crippen molar-refractivity contribution in [2.45, 2.75) is 31.7 Å². The van der Waals surface area contributed by atoms with Crippen molar-refractivity contribution in [2.24, 2.45) is 0 Å². The maximum atomic E-state index is 11.4. The fourth-order valence-electron chi connectivity index (χ4n) is 2.56. The summed E-state index contributed by atoms with van der Waals surface area (Å²) < 4.78 is 4.78. The normalized spacial score (nSPS) is 27.4. The Morgan fingerprint density at radius 3 is 2.50 bits per heavy atom. The molecule has 1 atom stereocenters. The van der Waals surface area contributed by atoms with Crippen molar-refractivity contribution >= 4 is 5.97 Å². The van der Waals surface area contributed by atoms with E-state index in [4.69, 9.17) is 4.74 Å². The van der Waals surface area contributed by atoms with Crippen LogP contribution in [0.2, 0.25) is 0 Å². The third kappa shape index (κ3) is 2.74. The number of ether oxygens (including phenoxy) is 1. The molecule has 2 aliphatic heterocycles. The van der Waals surface area contributed by atoms with Crippen LogP contribution in [-0.4, -0.2) is 61.6 Å². The van der Waals surface area contributed by atoms with E-state index in [2.05, 4.69) is 9.80 Å². The minimum atomic E-state index is -0.0649. The Morgan fingerprint density at radius 1 is 1.19 bits per heavy atom. The van der Waals surface area contributed by atoms with Crippen molar-refractivity contribution in [3.63, 3.8) is 0 Å². The molecular weight excluding hydrogens is 204 g/mol. The molecule has 1 unspecified atom stereocenters. The monoisotopic (exact) mass is 226 g/mol. The Labute approximate surface area is 97.5 Å². The highest BCUT2D eigenvalue weighted by Crippen LogP contribution is 2.18. The van der Waals surface area contributed by atoms with Crippen LogP contribution in [0, 0.1) is 0 Å². The van der Waals surface area contributed by atoms with Gasteiger partial charge in [0.05, 0.1) is 7.11 Å². The van der Waals surface area contributed by atoms with Gasteiger partial charge >= 0.3 is 5.97 Å². The molecule has 0 aromatic carbocycles. The average Bonchev–Trinajstić information content (AvgIpc) is 2.29. The first-order valence-electron chi connectivity index (χ1n) is 6.35. The van der Waals surface area contributed by atoms with Gasteiger partial charge in [-0.3, -0.25) is 9.69 Å². The summed E-state index contributed by atoms with van der Waals surface area (Å²) in [7, 11) is 1.48. The number of hydrogen-bond acceptors (Lipinski definition) is 4. The quantitative estimate of drug-likeness (QED) is 0.661. The highest BCUT2D eigenvalue weighted by molar-refractivity contribution is 5.76. The van der Waals surface area contributed by atoms with Crippen LogP contribution in [0.4, 0.5) is 0 Å². The molecule has 4 nitrogen and oxygen atoms in total. The molecule has 2 rings (SSSR count). The SMILES string of the molecule is COC(=O)C1CCN1CCN1CCCCC1. The van der Waals surface area contributed by atoms with E-state index in [0.29, 0.717) is 0 Å². The van der Waals surface area contributed by atoms with Crippen molar-refractivity contribution in [3.8, 4) is 0 Å². The van der Waals surface area contributed by atoms with Crippen molar-refractivity contribution in [3.05, 3.63) is 0 Å². The zero-order chi connectivity index (χ0) is 11.4. The summed E-state index contributed by atoms with van der Waals surface area (Å²) in [5, 5.41) is 0. The number of nitrogens with zero attached hydrogens (tertiary/aromatic N) is 2. The number of likely N-dealkylation sites (tertiary alicyclic amines) is 2. The maximum absolute atomic E-state index is 11.4. The van der Waals surface area contributed by atoms with E-state index >= 15 is 0 Å².